The average molecular weight is 294 g/mol. The van der Waals surface area contributed by atoms with Gasteiger partial charge in [-0.3, -0.25) is 4.79 Å². The summed E-state index contributed by atoms with van der Waals surface area (Å²) in [6, 6.07) is 17.7. The van der Waals surface area contributed by atoms with Crippen LogP contribution < -0.4 is 0 Å². The molecule has 4 heteroatoms. The van der Waals surface area contributed by atoms with E-state index < -0.39 is 0 Å². The zero-order chi connectivity index (χ0) is 14.5. The van der Waals surface area contributed by atoms with Gasteiger partial charge in [0, 0.05) is 28.0 Å². The summed E-state index contributed by atoms with van der Waals surface area (Å²) in [7, 11) is 0. The monoisotopic (exact) mass is 294 g/mol. The molecule has 3 rings (SSSR count). The lowest BCUT2D eigenvalue weighted by Gasteiger charge is -2.01. The maximum atomic E-state index is 10.8. The number of hydrogen-bond acceptors (Lipinski definition) is 3. The lowest BCUT2D eigenvalue weighted by Crippen LogP contribution is -1.92. The molecule has 3 nitrogen and oxygen atoms in total. The van der Waals surface area contributed by atoms with Crippen LogP contribution in [-0.4, -0.2) is 16.1 Å². The third-order valence-corrected chi connectivity index (χ3v) is 4.12. The molecule has 3 aromatic rings. The Morgan fingerprint density at radius 1 is 1.10 bits per heavy atom. The zero-order valence-corrected chi connectivity index (χ0v) is 12.2. The number of thioether (sulfide) groups is 1. The number of aromatic nitrogens is 2. The van der Waals surface area contributed by atoms with Gasteiger partial charge in [-0.05, 0) is 24.3 Å². The molecule has 0 aliphatic rings. The van der Waals surface area contributed by atoms with Crippen LogP contribution in [0.3, 0.4) is 0 Å². The summed E-state index contributed by atoms with van der Waals surface area (Å²) in [6.45, 7) is 0. The van der Waals surface area contributed by atoms with E-state index in [4.69, 9.17) is 0 Å². The smallest absolute Gasteiger partial charge is 0.150 e. The summed E-state index contributed by atoms with van der Waals surface area (Å²) < 4.78 is 1.87. The predicted octanol–water partition coefficient (Wildman–Crippen LogP) is 3.98. The molecule has 0 saturated heterocycles. The number of rotatable bonds is 5. The van der Waals surface area contributed by atoms with Crippen molar-refractivity contribution in [2.75, 3.05) is 0 Å². The molecule has 2 aromatic carbocycles. The van der Waals surface area contributed by atoms with Crippen LogP contribution in [0.2, 0.25) is 0 Å². The Labute approximate surface area is 127 Å². The molecule has 0 saturated carbocycles. The highest BCUT2D eigenvalue weighted by atomic mass is 32.2. The van der Waals surface area contributed by atoms with E-state index in [0.717, 1.165) is 28.2 Å². The fraction of sp³-hybridized carbons (Fsp3) is 0.0588. The lowest BCUT2D eigenvalue weighted by molar-refractivity contribution is 0.112. The first kappa shape index (κ1) is 13.6. The topological polar surface area (TPSA) is 34.9 Å². The minimum Gasteiger partial charge on any atom is -0.298 e. The second kappa shape index (κ2) is 6.41. The van der Waals surface area contributed by atoms with Crippen LogP contribution in [0.1, 0.15) is 15.9 Å². The van der Waals surface area contributed by atoms with Gasteiger partial charge < -0.3 is 0 Å². The minimum atomic E-state index is 0.708. The number of carbonyl (C=O) groups excluding carboxylic acids is 1. The molecule has 0 atom stereocenters. The molecule has 0 radical (unpaired) electrons. The number of benzene rings is 2. The van der Waals surface area contributed by atoms with Crippen LogP contribution in [0.5, 0.6) is 0 Å². The van der Waals surface area contributed by atoms with E-state index in [1.165, 1.54) is 0 Å². The highest BCUT2D eigenvalue weighted by molar-refractivity contribution is 7.98. The summed E-state index contributed by atoms with van der Waals surface area (Å²) in [5, 5.41) is 4.38. The summed E-state index contributed by atoms with van der Waals surface area (Å²) >= 11 is 1.70. The Hall–Kier alpha value is -2.33. The van der Waals surface area contributed by atoms with Gasteiger partial charge in [-0.25, -0.2) is 4.68 Å². The van der Waals surface area contributed by atoms with Gasteiger partial charge in [0.05, 0.1) is 11.9 Å². The van der Waals surface area contributed by atoms with Gasteiger partial charge in [-0.1, -0.05) is 30.3 Å². The quantitative estimate of drug-likeness (QED) is 0.527. The zero-order valence-electron chi connectivity index (χ0n) is 11.3. The molecular weight excluding hydrogens is 280 g/mol. The molecule has 0 unspecified atom stereocenters. The summed E-state index contributed by atoms with van der Waals surface area (Å²) in [5.41, 5.74) is 2.91. The first-order valence-corrected chi connectivity index (χ1v) is 7.61. The Kier molecular flexibility index (Phi) is 4.17. The van der Waals surface area contributed by atoms with Gasteiger partial charge in [0.2, 0.25) is 0 Å². The van der Waals surface area contributed by atoms with Crippen molar-refractivity contribution in [2.45, 2.75) is 10.6 Å². The molecule has 0 bridgehead atoms. The van der Waals surface area contributed by atoms with E-state index in [2.05, 4.69) is 5.10 Å². The molecule has 21 heavy (non-hydrogen) atoms. The summed E-state index contributed by atoms with van der Waals surface area (Å²) in [4.78, 5) is 11.9. The fourth-order valence-electron chi connectivity index (χ4n) is 2.00. The molecule has 0 aliphatic heterocycles. The highest BCUT2D eigenvalue weighted by Crippen LogP contribution is 2.23. The second-order valence-corrected chi connectivity index (χ2v) is 5.66. The Bertz CT molecular complexity index is 737. The Morgan fingerprint density at radius 2 is 1.95 bits per heavy atom. The van der Waals surface area contributed by atoms with Crippen LogP contribution in [0.15, 0.2) is 71.9 Å². The SMILES string of the molecule is O=Cc1cccc(SCc2cnn(-c3ccccc3)c2)c1. The normalized spacial score (nSPS) is 10.5. The van der Waals surface area contributed by atoms with Crippen LogP contribution in [0.4, 0.5) is 0 Å². The first-order valence-electron chi connectivity index (χ1n) is 6.62. The standard InChI is InChI=1S/C17H14N2OS/c20-12-14-5-4-8-17(9-14)21-13-15-10-18-19(11-15)16-6-2-1-3-7-16/h1-12H,13H2. The van der Waals surface area contributed by atoms with E-state index in [1.54, 1.807) is 11.8 Å². The van der Waals surface area contributed by atoms with Crippen molar-refractivity contribution in [3.63, 3.8) is 0 Å². The van der Waals surface area contributed by atoms with Crippen molar-refractivity contribution in [1.29, 1.82) is 0 Å². The number of carbonyl (C=O) groups is 1. The summed E-state index contributed by atoms with van der Waals surface area (Å²) in [5.74, 6) is 0.829. The Morgan fingerprint density at radius 3 is 2.76 bits per heavy atom. The van der Waals surface area contributed by atoms with Crippen LogP contribution in [0.25, 0.3) is 5.69 Å². The Balaban J connectivity index is 1.69. The van der Waals surface area contributed by atoms with Crippen LogP contribution in [-0.2, 0) is 5.75 Å². The first-order chi connectivity index (χ1) is 10.3. The van der Waals surface area contributed by atoms with Crippen molar-refractivity contribution in [3.05, 3.63) is 78.1 Å². The lowest BCUT2D eigenvalue weighted by atomic mass is 10.2. The van der Waals surface area contributed by atoms with Gasteiger partial charge in [-0.2, -0.15) is 5.10 Å². The molecule has 0 spiro atoms. The molecule has 0 N–H and O–H groups in total. The van der Waals surface area contributed by atoms with Crippen molar-refractivity contribution in [3.8, 4) is 5.69 Å². The third kappa shape index (κ3) is 3.41. The predicted molar refractivity (Wildman–Crippen MR) is 85.0 cm³/mol. The van der Waals surface area contributed by atoms with Crippen molar-refractivity contribution in [1.82, 2.24) is 9.78 Å². The molecule has 0 fully saturated rings. The van der Waals surface area contributed by atoms with Crippen LogP contribution >= 0.6 is 11.8 Å². The second-order valence-electron chi connectivity index (χ2n) is 4.61. The fourth-order valence-corrected chi connectivity index (χ4v) is 2.88. The van der Waals surface area contributed by atoms with Gasteiger partial charge in [-0.15, -0.1) is 11.8 Å². The highest BCUT2D eigenvalue weighted by Gasteiger charge is 2.02. The van der Waals surface area contributed by atoms with Crippen molar-refractivity contribution < 1.29 is 4.79 Å². The van der Waals surface area contributed by atoms with Crippen molar-refractivity contribution in [2.24, 2.45) is 0 Å². The largest absolute Gasteiger partial charge is 0.298 e. The summed E-state index contributed by atoms with van der Waals surface area (Å²) in [6.07, 6.45) is 4.78. The third-order valence-electron chi connectivity index (χ3n) is 3.06. The van der Waals surface area contributed by atoms with E-state index in [0.29, 0.717) is 5.56 Å². The molecule has 0 aliphatic carbocycles. The van der Waals surface area contributed by atoms with Gasteiger partial charge in [0.25, 0.3) is 0 Å². The van der Waals surface area contributed by atoms with E-state index in [1.807, 2.05) is 71.7 Å². The molecule has 1 heterocycles. The maximum absolute atomic E-state index is 10.8. The maximum Gasteiger partial charge on any atom is 0.150 e. The van der Waals surface area contributed by atoms with Gasteiger partial charge >= 0.3 is 0 Å². The number of aldehydes is 1. The number of para-hydroxylation sites is 1. The average Bonchev–Trinajstić information content (AvgIpc) is 3.03. The molecule has 104 valence electrons. The molecule has 0 amide bonds. The van der Waals surface area contributed by atoms with E-state index in [-0.39, 0.29) is 0 Å². The van der Waals surface area contributed by atoms with E-state index in [9.17, 15) is 4.79 Å². The number of hydrogen-bond donors (Lipinski definition) is 0. The van der Waals surface area contributed by atoms with Gasteiger partial charge in [0.1, 0.15) is 6.29 Å². The number of nitrogens with zero attached hydrogens (tertiary/aromatic N) is 2. The van der Waals surface area contributed by atoms with Gasteiger partial charge in [0.15, 0.2) is 0 Å². The minimum absolute atomic E-state index is 0.708. The molecular formula is C17H14N2OS. The van der Waals surface area contributed by atoms with E-state index >= 15 is 0 Å². The molecule has 1 aromatic heterocycles. The van der Waals surface area contributed by atoms with Crippen molar-refractivity contribution >= 4 is 18.0 Å². The van der Waals surface area contributed by atoms with Crippen LogP contribution in [0, 0.1) is 0 Å².